The SMILES string of the molecule is CCC(C)(CN)C(=O)N1CCCC(C(C)CC(=O)O)C1. The van der Waals surface area contributed by atoms with Crippen LogP contribution in [0.3, 0.4) is 0 Å². The predicted octanol–water partition coefficient (Wildman–Crippen LogP) is 1.71. The summed E-state index contributed by atoms with van der Waals surface area (Å²) in [5, 5.41) is 8.90. The molecule has 0 aromatic carbocycles. The molecule has 1 rings (SSSR count). The van der Waals surface area contributed by atoms with Gasteiger partial charge in [0.1, 0.15) is 0 Å². The molecule has 1 heterocycles. The van der Waals surface area contributed by atoms with E-state index in [1.165, 1.54) is 0 Å². The highest BCUT2D eigenvalue weighted by Crippen LogP contribution is 2.30. The molecule has 116 valence electrons. The Bertz CT molecular complexity index is 353. The van der Waals surface area contributed by atoms with Crippen LogP contribution >= 0.6 is 0 Å². The molecule has 3 atom stereocenters. The molecule has 20 heavy (non-hydrogen) atoms. The maximum atomic E-state index is 12.6. The maximum absolute atomic E-state index is 12.6. The first kappa shape index (κ1) is 17.0. The number of piperidine rings is 1. The van der Waals surface area contributed by atoms with Crippen LogP contribution in [0.25, 0.3) is 0 Å². The number of aliphatic carboxylic acids is 1. The Balaban J connectivity index is 2.69. The van der Waals surface area contributed by atoms with E-state index in [9.17, 15) is 9.59 Å². The van der Waals surface area contributed by atoms with E-state index in [-0.39, 0.29) is 24.2 Å². The lowest BCUT2D eigenvalue weighted by Crippen LogP contribution is -2.50. The lowest BCUT2D eigenvalue weighted by Gasteiger charge is -2.40. The molecule has 3 N–H and O–H groups in total. The molecule has 0 saturated carbocycles. The van der Waals surface area contributed by atoms with Crippen molar-refractivity contribution in [2.45, 2.75) is 46.5 Å². The summed E-state index contributed by atoms with van der Waals surface area (Å²) in [4.78, 5) is 25.3. The molecule has 1 saturated heterocycles. The highest BCUT2D eigenvalue weighted by molar-refractivity contribution is 5.82. The molecule has 0 aromatic rings. The lowest BCUT2D eigenvalue weighted by atomic mass is 9.81. The maximum Gasteiger partial charge on any atom is 0.303 e. The van der Waals surface area contributed by atoms with E-state index < -0.39 is 11.4 Å². The first-order chi connectivity index (χ1) is 9.34. The number of hydrogen-bond acceptors (Lipinski definition) is 3. The van der Waals surface area contributed by atoms with Crippen LogP contribution in [0.1, 0.15) is 46.5 Å². The summed E-state index contributed by atoms with van der Waals surface area (Å²) >= 11 is 0. The van der Waals surface area contributed by atoms with Gasteiger partial charge in [0.05, 0.1) is 5.41 Å². The number of rotatable bonds is 6. The Labute approximate surface area is 121 Å². The Hall–Kier alpha value is -1.10. The van der Waals surface area contributed by atoms with Crippen molar-refractivity contribution >= 4 is 11.9 Å². The molecule has 0 radical (unpaired) electrons. The van der Waals surface area contributed by atoms with Crippen molar-refractivity contribution in [2.24, 2.45) is 23.0 Å². The zero-order valence-electron chi connectivity index (χ0n) is 12.9. The fourth-order valence-electron chi connectivity index (χ4n) is 2.87. The molecule has 1 fully saturated rings. The standard InChI is InChI=1S/C15H28N2O3/c1-4-15(3,10-16)14(20)17-7-5-6-12(9-17)11(2)8-13(18)19/h11-12H,4-10,16H2,1-3H3,(H,18,19). The number of nitrogens with two attached hydrogens (primary N) is 1. The summed E-state index contributed by atoms with van der Waals surface area (Å²) in [6.07, 6.45) is 2.86. The number of hydrogen-bond donors (Lipinski definition) is 2. The van der Waals surface area contributed by atoms with E-state index >= 15 is 0 Å². The van der Waals surface area contributed by atoms with Gasteiger partial charge in [0.25, 0.3) is 0 Å². The fraction of sp³-hybridized carbons (Fsp3) is 0.867. The van der Waals surface area contributed by atoms with Crippen molar-refractivity contribution in [3.05, 3.63) is 0 Å². The number of amides is 1. The van der Waals surface area contributed by atoms with E-state index in [1.54, 1.807) is 0 Å². The second-order valence-corrected chi connectivity index (χ2v) is 6.35. The molecule has 1 aliphatic heterocycles. The van der Waals surface area contributed by atoms with Gasteiger partial charge < -0.3 is 15.7 Å². The minimum absolute atomic E-state index is 0.105. The van der Waals surface area contributed by atoms with Crippen molar-refractivity contribution in [3.63, 3.8) is 0 Å². The number of nitrogens with zero attached hydrogens (tertiary/aromatic N) is 1. The minimum Gasteiger partial charge on any atom is -0.481 e. The van der Waals surface area contributed by atoms with E-state index in [4.69, 9.17) is 10.8 Å². The van der Waals surface area contributed by atoms with Gasteiger partial charge in [0.2, 0.25) is 5.91 Å². The van der Waals surface area contributed by atoms with Crippen LogP contribution in [0.2, 0.25) is 0 Å². The summed E-state index contributed by atoms with van der Waals surface area (Å²) < 4.78 is 0. The van der Waals surface area contributed by atoms with Gasteiger partial charge in [0, 0.05) is 26.1 Å². The van der Waals surface area contributed by atoms with Gasteiger partial charge in [-0.25, -0.2) is 0 Å². The zero-order chi connectivity index (χ0) is 15.3. The van der Waals surface area contributed by atoms with Gasteiger partial charge in [-0.2, -0.15) is 0 Å². The molecule has 1 aliphatic rings. The summed E-state index contributed by atoms with van der Waals surface area (Å²) in [5.74, 6) is -0.257. The average Bonchev–Trinajstić information content (AvgIpc) is 2.45. The van der Waals surface area contributed by atoms with Gasteiger partial charge in [-0.3, -0.25) is 9.59 Å². The largest absolute Gasteiger partial charge is 0.481 e. The number of carboxylic acids is 1. The molecule has 3 unspecified atom stereocenters. The number of carboxylic acid groups (broad SMARTS) is 1. The Morgan fingerprint density at radius 3 is 2.65 bits per heavy atom. The van der Waals surface area contributed by atoms with Gasteiger partial charge >= 0.3 is 5.97 Å². The van der Waals surface area contributed by atoms with Crippen molar-refractivity contribution in [2.75, 3.05) is 19.6 Å². The van der Waals surface area contributed by atoms with Crippen LogP contribution in [-0.4, -0.2) is 41.5 Å². The van der Waals surface area contributed by atoms with Crippen LogP contribution in [0, 0.1) is 17.3 Å². The molecule has 0 spiro atoms. The molecular weight excluding hydrogens is 256 g/mol. The molecule has 1 amide bonds. The van der Waals surface area contributed by atoms with Gasteiger partial charge in [-0.15, -0.1) is 0 Å². The van der Waals surface area contributed by atoms with Crippen molar-refractivity contribution in [1.29, 1.82) is 0 Å². The molecule has 0 bridgehead atoms. The van der Waals surface area contributed by atoms with Gasteiger partial charge in [0.15, 0.2) is 0 Å². The van der Waals surface area contributed by atoms with Crippen molar-refractivity contribution in [3.8, 4) is 0 Å². The van der Waals surface area contributed by atoms with E-state index in [2.05, 4.69) is 0 Å². The zero-order valence-corrected chi connectivity index (χ0v) is 12.9. The summed E-state index contributed by atoms with van der Waals surface area (Å²) in [7, 11) is 0. The molecule has 5 nitrogen and oxygen atoms in total. The molecule has 0 aliphatic carbocycles. The minimum atomic E-state index is -0.763. The second-order valence-electron chi connectivity index (χ2n) is 6.35. The topological polar surface area (TPSA) is 83.6 Å². The summed E-state index contributed by atoms with van der Waals surface area (Å²) in [6, 6.07) is 0. The first-order valence-electron chi connectivity index (χ1n) is 7.55. The quantitative estimate of drug-likeness (QED) is 0.777. The third-order valence-electron chi connectivity index (χ3n) is 4.79. The third kappa shape index (κ3) is 3.95. The highest BCUT2D eigenvalue weighted by Gasteiger charge is 2.36. The van der Waals surface area contributed by atoms with Gasteiger partial charge in [-0.05, 0) is 38.0 Å². The predicted molar refractivity (Wildman–Crippen MR) is 78.2 cm³/mol. The smallest absolute Gasteiger partial charge is 0.303 e. The monoisotopic (exact) mass is 284 g/mol. The van der Waals surface area contributed by atoms with E-state index in [1.807, 2.05) is 25.7 Å². The Morgan fingerprint density at radius 2 is 2.15 bits per heavy atom. The Morgan fingerprint density at radius 1 is 1.50 bits per heavy atom. The van der Waals surface area contributed by atoms with Crippen molar-refractivity contribution < 1.29 is 14.7 Å². The normalized spacial score (nSPS) is 24.0. The van der Waals surface area contributed by atoms with Crippen LogP contribution in [-0.2, 0) is 9.59 Å². The van der Waals surface area contributed by atoms with Crippen LogP contribution < -0.4 is 5.73 Å². The molecule has 5 heteroatoms. The highest BCUT2D eigenvalue weighted by atomic mass is 16.4. The number of carbonyl (C=O) groups excluding carboxylic acids is 1. The Kier molecular flexibility index (Phi) is 5.99. The molecular formula is C15H28N2O3. The van der Waals surface area contributed by atoms with Crippen LogP contribution in [0.5, 0.6) is 0 Å². The first-order valence-corrected chi connectivity index (χ1v) is 7.55. The fourth-order valence-corrected chi connectivity index (χ4v) is 2.87. The van der Waals surface area contributed by atoms with Gasteiger partial charge in [-0.1, -0.05) is 13.8 Å². The van der Waals surface area contributed by atoms with Crippen LogP contribution in [0.4, 0.5) is 0 Å². The van der Waals surface area contributed by atoms with E-state index in [0.717, 1.165) is 25.8 Å². The van der Waals surface area contributed by atoms with E-state index in [0.29, 0.717) is 13.1 Å². The third-order valence-corrected chi connectivity index (χ3v) is 4.79. The summed E-state index contributed by atoms with van der Waals surface area (Å²) in [5.41, 5.74) is 5.27. The van der Waals surface area contributed by atoms with Crippen LogP contribution in [0.15, 0.2) is 0 Å². The second kappa shape index (κ2) is 7.07. The summed E-state index contributed by atoms with van der Waals surface area (Å²) in [6.45, 7) is 7.66. The number of likely N-dealkylation sites (tertiary alicyclic amines) is 1. The number of carbonyl (C=O) groups is 2. The van der Waals surface area contributed by atoms with Crippen molar-refractivity contribution in [1.82, 2.24) is 4.90 Å². The lowest BCUT2D eigenvalue weighted by molar-refractivity contribution is -0.143. The average molecular weight is 284 g/mol. The molecule has 0 aromatic heterocycles.